The van der Waals surface area contributed by atoms with Crippen molar-refractivity contribution >= 4 is 65.0 Å². The van der Waals surface area contributed by atoms with Crippen LogP contribution in [0, 0.1) is 0 Å². The molecule has 1 heterocycles. The van der Waals surface area contributed by atoms with Crippen LogP contribution in [0.3, 0.4) is 0 Å². The van der Waals surface area contributed by atoms with E-state index in [-0.39, 0.29) is 52.5 Å². The molecule has 1 nitrogen and oxygen atoms in total. The van der Waals surface area contributed by atoms with Crippen LogP contribution in [0.4, 0.5) is 0 Å². The zero-order valence-corrected chi connectivity index (χ0v) is 25.4. The van der Waals surface area contributed by atoms with E-state index in [0.717, 1.165) is 49.0 Å². The van der Waals surface area contributed by atoms with E-state index in [1.165, 1.54) is 0 Å². The number of hydrogen-bond donors (Lipinski definition) is 0. The SMILES string of the molecule is [2H]c1c([2H])c([2H])c(-c2cc3c4cc(-c5c6ccccc6c(Cc6c([2H])c([2H])c([2H])c7c([2H])c([2H])c([2H])c([2H])c67)c6ccccc56)ccc4oc3c3ccccc23)c([2H])c1[2H]. The highest BCUT2D eigenvalue weighted by molar-refractivity contribution is 6.21. The van der Waals surface area contributed by atoms with E-state index in [9.17, 15) is 0 Å². The Morgan fingerprint density at radius 3 is 1.88 bits per heavy atom. The van der Waals surface area contributed by atoms with E-state index in [0.29, 0.717) is 27.5 Å². The minimum absolute atomic E-state index is 0.0589. The van der Waals surface area contributed by atoms with Crippen LogP contribution in [0.15, 0.2) is 174 Å². The summed E-state index contributed by atoms with van der Waals surface area (Å²) in [5.41, 5.74) is 4.61. The van der Waals surface area contributed by atoms with Gasteiger partial charge in [0.2, 0.25) is 0 Å². The molecule has 1 aromatic heterocycles. The van der Waals surface area contributed by atoms with Crippen LogP contribution in [-0.2, 0) is 6.42 Å². The first-order chi connectivity index (χ1) is 28.8. The summed E-state index contributed by atoms with van der Waals surface area (Å²) >= 11 is 0. The maximum Gasteiger partial charge on any atom is 0.143 e. The van der Waals surface area contributed by atoms with Gasteiger partial charge in [-0.05, 0) is 95.7 Å². The number of fused-ring (bicyclic) bond motifs is 8. The van der Waals surface area contributed by atoms with E-state index in [2.05, 4.69) is 0 Å². The van der Waals surface area contributed by atoms with Crippen molar-refractivity contribution in [1.82, 2.24) is 0 Å². The lowest BCUT2D eigenvalue weighted by Gasteiger charge is -2.18. The minimum atomic E-state index is -0.495. The van der Waals surface area contributed by atoms with Gasteiger partial charge in [-0.3, -0.25) is 0 Å². The quantitative estimate of drug-likeness (QED) is 0.178. The van der Waals surface area contributed by atoms with Gasteiger partial charge >= 0.3 is 0 Å². The Hall–Kier alpha value is -6.18. The number of rotatable bonds is 4. The monoisotopic (exact) mass is 622 g/mol. The largest absolute Gasteiger partial charge is 0.455 e. The molecule has 0 spiro atoms. The maximum absolute atomic E-state index is 9.04. The van der Waals surface area contributed by atoms with Crippen LogP contribution >= 0.6 is 0 Å². The molecule has 0 fully saturated rings. The number of furan rings is 1. The fourth-order valence-corrected chi connectivity index (χ4v) is 7.24. The third kappa shape index (κ3) is 4.11. The lowest BCUT2D eigenvalue weighted by molar-refractivity contribution is 0.673. The zero-order chi connectivity index (χ0) is 42.0. The Morgan fingerprint density at radius 2 is 1.10 bits per heavy atom. The highest BCUT2D eigenvalue weighted by Gasteiger charge is 2.19. The Bertz CT molecular complexity index is 3460. The van der Waals surface area contributed by atoms with E-state index in [1.807, 2.05) is 97.1 Å². The van der Waals surface area contributed by atoms with Crippen molar-refractivity contribution in [3.63, 3.8) is 0 Å². The van der Waals surface area contributed by atoms with Gasteiger partial charge in [0.25, 0.3) is 0 Å². The molecule has 9 aromatic carbocycles. The average molecular weight is 623 g/mol. The molecule has 10 aromatic rings. The Kier molecular flexibility index (Phi) is 3.93. The second-order valence-corrected chi connectivity index (χ2v) is 11.9. The fourth-order valence-electron chi connectivity index (χ4n) is 7.24. The molecule has 48 heavy (non-hydrogen) atoms. The third-order valence-corrected chi connectivity index (χ3v) is 9.32. The van der Waals surface area contributed by atoms with Gasteiger partial charge in [0.05, 0.1) is 16.4 Å². The van der Waals surface area contributed by atoms with Crippen molar-refractivity contribution in [1.29, 1.82) is 0 Å². The lowest BCUT2D eigenvalue weighted by Crippen LogP contribution is -1.96. The first-order valence-corrected chi connectivity index (χ1v) is 15.7. The van der Waals surface area contributed by atoms with Gasteiger partial charge < -0.3 is 4.42 Å². The van der Waals surface area contributed by atoms with Crippen LogP contribution < -0.4 is 0 Å². The van der Waals surface area contributed by atoms with Crippen LogP contribution in [0.2, 0.25) is 0 Å². The molecule has 0 saturated heterocycles. The van der Waals surface area contributed by atoms with E-state index in [1.54, 1.807) is 0 Å². The first-order valence-electron chi connectivity index (χ1n) is 21.7. The van der Waals surface area contributed by atoms with Crippen LogP contribution in [0.25, 0.3) is 87.3 Å². The van der Waals surface area contributed by atoms with Crippen molar-refractivity contribution in [3.8, 4) is 22.3 Å². The Morgan fingerprint density at radius 1 is 0.458 bits per heavy atom. The molecular weight excluding hydrogens is 581 g/mol. The van der Waals surface area contributed by atoms with Crippen LogP contribution in [-0.4, -0.2) is 0 Å². The summed E-state index contributed by atoms with van der Waals surface area (Å²) in [5.74, 6) is 0. The van der Waals surface area contributed by atoms with Crippen molar-refractivity contribution in [3.05, 3.63) is 181 Å². The van der Waals surface area contributed by atoms with Gasteiger partial charge in [-0.2, -0.15) is 0 Å². The van der Waals surface area contributed by atoms with Gasteiger partial charge in [0.1, 0.15) is 11.2 Å². The second kappa shape index (κ2) is 10.7. The van der Waals surface area contributed by atoms with Gasteiger partial charge in [0.15, 0.2) is 0 Å². The Labute approximate surface area is 295 Å². The predicted octanol–water partition coefficient (Wildman–Crippen LogP) is 13.1. The third-order valence-electron chi connectivity index (χ3n) is 9.32. The normalized spacial score (nSPS) is 15.3. The summed E-state index contributed by atoms with van der Waals surface area (Å²) in [7, 11) is 0. The summed E-state index contributed by atoms with van der Waals surface area (Å²) in [6.07, 6.45) is 0.0589. The molecular formula is C47H30O. The highest BCUT2D eigenvalue weighted by Crippen LogP contribution is 2.44. The molecule has 0 saturated carbocycles. The Balaban J connectivity index is 1.25. The van der Waals surface area contributed by atoms with E-state index < -0.39 is 48.3 Å². The number of benzene rings is 9. The summed E-state index contributed by atoms with van der Waals surface area (Å²) < 4.78 is 110. The molecule has 0 unspecified atom stereocenters. The smallest absolute Gasteiger partial charge is 0.143 e. The van der Waals surface area contributed by atoms with Crippen LogP contribution in [0.1, 0.15) is 27.6 Å². The molecule has 224 valence electrons. The molecule has 0 N–H and O–H groups in total. The first kappa shape index (κ1) is 17.7. The molecule has 0 radical (unpaired) electrons. The molecule has 0 amide bonds. The van der Waals surface area contributed by atoms with Gasteiger partial charge in [-0.1, -0.05) is 151 Å². The van der Waals surface area contributed by atoms with Gasteiger partial charge in [0, 0.05) is 16.2 Å². The summed E-state index contributed by atoms with van der Waals surface area (Å²) in [6, 6.07) is 26.3. The average Bonchev–Trinajstić information content (AvgIpc) is 3.64. The van der Waals surface area contributed by atoms with Crippen LogP contribution in [0.5, 0.6) is 0 Å². The predicted molar refractivity (Wildman–Crippen MR) is 204 cm³/mol. The van der Waals surface area contributed by atoms with E-state index >= 15 is 0 Å². The molecule has 0 aliphatic rings. The van der Waals surface area contributed by atoms with Gasteiger partial charge in [-0.15, -0.1) is 0 Å². The summed E-state index contributed by atoms with van der Waals surface area (Å²) in [4.78, 5) is 0. The lowest BCUT2D eigenvalue weighted by atomic mass is 9.85. The fraction of sp³-hybridized carbons (Fsp3) is 0.0213. The van der Waals surface area contributed by atoms with Crippen molar-refractivity contribution in [2.75, 3.05) is 0 Å². The molecule has 0 bridgehead atoms. The minimum Gasteiger partial charge on any atom is -0.455 e. The maximum atomic E-state index is 9.04. The van der Waals surface area contributed by atoms with E-state index in [4.69, 9.17) is 20.9 Å². The van der Waals surface area contributed by atoms with Gasteiger partial charge in [-0.25, -0.2) is 0 Å². The highest BCUT2D eigenvalue weighted by atomic mass is 16.3. The van der Waals surface area contributed by atoms with Crippen molar-refractivity contribution in [2.45, 2.75) is 6.42 Å². The molecule has 0 aliphatic carbocycles. The number of hydrogen-bond acceptors (Lipinski definition) is 1. The van der Waals surface area contributed by atoms with Crippen molar-refractivity contribution < 1.29 is 20.9 Å². The summed E-state index contributed by atoms with van der Waals surface area (Å²) in [5, 5.41) is 6.31. The molecule has 1 heteroatoms. The molecule has 0 aliphatic heterocycles. The molecule has 10 rings (SSSR count). The topological polar surface area (TPSA) is 13.1 Å². The second-order valence-electron chi connectivity index (χ2n) is 11.9. The standard InChI is InChI=1S/C47H30O/c1-2-13-31(14-3-1)41-29-44-43-28-33(25-26-45(43)48-47(44)40-24-11-8-21-37(40)41)46-38-22-9-6-19-35(38)42(36-20-7-10-23-39(36)46)27-32-17-12-16-30-15-4-5-18-34(30)32/h1-26,28-29H,27H2/i1D,2D,3D,4D,5D,12D,13D,14D,15D,16D,17D,18D. The zero-order valence-electron chi connectivity index (χ0n) is 37.4. The summed E-state index contributed by atoms with van der Waals surface area (Å²) in [6.45, 7) is 0. The molecule has 0 atom stereocenters. The van der Waals surface area contributed by atoms with Crippen molar-refractivity contribution in [2.24, 2.45) is 0 Å².